The highest BCUT2D eigenvalue weighted by molar-refractivity contribution is 5.93. The van der Waals surface area contributed by atoms with Crippen LogP contribution in [0.1, 0.15) is 39.0 Å². The van der Waals surface area contributed by atoms with Crippen molar-refractivity contribution < 1.29 is 29.1 Å². The minimum absolute atomic E-state index is 0.0365. The number of unbranched alkanes of at least 4 members (excludes halogenated alkanes) is 1. The Morgan fingerprint density at radius 3 is 2.14 bits per heavy atom. The van der Waals surface area contributed by atoms with E-state index in [1.165, 1.54) is 6.92 Å². The molecule has 0 radical (unpaired) electrons. The normalized spacial score (nSPS) is 13.7. The fourth-order valence-electron chi connectivity index (χ4n) is 2.16. The Hall–Kier alpha value is -2.73. The molecule has 160 valence electrons. The lowest BCUT2D eigenvalue weighted by molar-refractivity contribution is -0.138. The van der Waals surface area contributed by atoms with Crippen molar-refractivity contribution in [2.24, 2.45) is 17.2 Å². The molecule has 12 nitrogen and oxygen atoms in total. The van der Waals surface area contributed by atoms with Crippen LogP contribution < -0.4 is 33.2 Å². The lowest BCUT2D eigenvalue weighted by atomic mass is 10.1. The third kappa shape index (κ3) is 11.1. The van der Waals surface area contributed by atoms with Gasteiger partial charge in [-0.2, -0.15) is 0 Å². The van der Waals surface area contributed by atoms with Gasteiger partial charge in [0.25, 0.3) is 0 Å². The number of carboxylic acid groups (broad SMARTS) is 1. The third-order valence-electron chi connectivity index (χ3n) is 3.78. The van der Waals surface area contributed by atoms with Crippen LogP contribution in [0, 0.1) is 0 Å². The predicted molar refractivity (Wildman–Crippen MR) is 99.5 cm³/mol. The van der Waals surface area contributed by atoms with Crippen LogP contribution in [0.25, 0.3) is 0 Å². The molecule has 0 fully saturated rings. The minimum atomic E-state index is -1.22. The van der Waals surface area contributed by atoms with Gasteiger partial charge >= 0.3 is 5.97 Å². The van der Waals surface area contributed by atoms with Crippen molar-refractivity contribution >= 4 is 29.6 Å². The monoisotopic (exact) mass is 402 g/mol. The van der Waals surface area contributed by atoms with Gasteiger partial charge in [0.2, 0.25) is 23.6 Å². The summed E-state index contributed by atoms with van der Waals surface area (Å²) >= 11 is 0. The minimum Gasteiger partial charge on any atom is -0.480 e. The Kier molecular flexibility index (Phi) is 12.1. The largest absolute Gasteiger partial charge is 0.480 e. The Labute approximate surface area is 162 Å². The summed E-state index contributed by atoms with van der Waals surface area (Å²) in [5.41, 5.74) is 16.0. The van der Waals surface area contributed by atoms with E-state index in [2.05, 4.69) is 16.0 Å². The van der Waals surface area contributed by atoms with Crippen LogP contribution in [0.15, 0.2) is 0 Å². The number of primary amides is 1. The van der Waals surface area contributed by atoms with Gasteiger partial charge in [-0.1, -0.05) is 0 Å². The molecule has 28 heavy (non-hydrogen) atoms. The Balaban J connectivity index is 4.74. The van der Waals surface area contributed by atoms with E-state index in [1.54, 1.807) is 0 Å². The van der Waals surface area contributed by atoms with Gasteiger partial charge in [0.15, 0.2) is 0 Å². The van der Waals surface area contributed by atoms with Crippen LogP contribution in [0.2, 0.25) is 0 Å². The van der Waals surface area contributed by atoms with Gasteiger partial charge in [-0.25, -0.2) is 0 Å². The molecule has 0 aliphatic carbocycles. The maximum atomic E-state index is 12.3. The number of carboxylic acids is 1. The van der Waals surface area contributed by atoms with Gasteiger partial charge in [-0.3, -0.25) is 24.0 Å². The molecule has 12 heteroatoms. The van der Waals surface area contributed by atoms with E-state index in [-0.39, 0.29) is 19.3 Å². The van der Waals surface area contributed by atoms with Crippen LogP contribution in [-0.4, -0.2) is 65.9 Å². The maximum Gasteiger partial charge on any atom is 0.322 e. The highest BCUT2D eigenvalue weighted by atomic mass is 16.4. The number of amides is 4. The number of nitrogens with two attached hydrogens (primary N) is 3. The van der Waals surface area contributed by atoms with Crippen LogP contribution in [0.4, 0.5) is 0 Å². The van der Waals surface area contributed by atoms with E-state index in [0.29, 0.717) is 19.4 Å². The van der Waals surface area contributed by atoms with Crippen molar-refractivity contribution in [3.05, 3.63) is 0 Å². The molecule has 10 N–H and O–H groups in total. The zero-order chi connectivity index (χ0) is 21.7. The number of rotatable bonds is 14. The number of hydrogen-bond donors (Lipinski definition) is 7. The van der Waals surface area contributed by atoms with E-state index in [4.69, 9.17) is 22.3 Å². The topological polar surface area (TPSA) is 220 Å². The molecule has 0 bridgehead atoms. The molecular formula is C16H30N6O6. The van der Waals surface area contributed by atoms with E-state index in [0.717, 1.165) is 0 Å². The molecule has 0 saturated heterocycles. The van der Waals surface area contributed by atoms with Crippen LogP contribution in [-0.2, 0) is 24.0 Å². The van der Waals surface area contributed by atoms with E-state index >= 15 is 0 Å². The average Bonchev–Trinajstić information content (AvgIpc) is 2.62. The molecule has 0 aromatic rings. The van der Waals surface area contributed by atoms with Crippen LogP contribution >= 0.6 is 0 Å². The Bertz CT molecular complexity index is 570. The first-order valence-corrected chi connectivity index (χ1v) is 8.92. The van der Waals surface area contributed by atoms with Crippen LogP contribution in [0.3, 0.4) is 0 Å². The zero-order valence-corrected chi connectivity index (χ0v) is 15.9. The van der Waals surface area contributed by atoms with Crippen molar-refractivity contribution in [1.82, 2.24) is 16.0 Å². The fraction of sp³-hybridized carbons (Fsp3) is 0.688. The first-order valence-electron chi connectivity index (χ1n) is 8.92. The van der Waals surface area contributed by atoms with Crippen molar-refractivity contribution in [1.29, 1.82) is 0 Å². The predicted octanol–water partition coefficient (Wildman–Crippen LogP) is -3.10. The quantitative estimate of drug-likeness (QED) is 0.147. The summed E-state index contributed by atoms with van der Waals surface area (Å²) in [5, 5.41) is 15.7. The molecule has 0 aromatic heterocycles. The van der Waals surface area contributed by atoms with Crippen molar-refractivity contribution in [3.8, 4) is 0 Å². The van der Waals surface area contributed by atoms with E-state index in [9.17, 15) is 24.0 Å². The van der Waals surface area contributed by atoms with Crippen molar-refractivity contribution in [2.75, 3.05) is 13.1 Å². The molecule has 0 heterocycles. The highest BCUT2D eigenvalue weighted by Crippen LogP contribution is 2.02. The number of carbonyl (C=O) groups excluding carboxylic acids is 4. The standard InChI is InChI=1S/C16H30N6O6/c1-9(21-15(27)10(18)5-6-12(19)23)14(26)22-11(4-2-3-7-17)16(28)20-8-13(24)25/h9-11H,2-8,17-18H2,1H3,(H2,19,23)(H,20,28)(H,21,27)(H,22,26)(H,24,25). The van der Waals surface area contributed by atoms with Gasteiger partial charge in [-0.05, 0) is 39.2 Å². The summed E-state index contributed by atoms with van der Waals surface area (Å²) in [7, 11) is 0. The summed E-state index contributed by atoms with van der Waals surface area (Å²) in [5.74, 6) is -3.74. The summed E-state index contributed by atoms with van der Waals surface area (Å²) in [4.78, 5) is 57.7. The van der Waals surface area contributed by atoms with Crippen molar-refractivity contribution in [2.45, 2.75) is 57.2 Å². The molecule has 3 unspecified atom stereocenters. The number of aliphatic carboxylic acids is 1. The molecule has 3 atom stereocenters. The first-order chi connectivity index (χ1) is 13.1. The summed E-state index contributed by atoms with van der Waals surface area (Å²) < 4.78 is 0. The molecule has 0 spiro atoms. The Morgan fingerprint density at radius 2 is 1.61 bits per heavy atom. The highest BCUT2D eigenvalue weighted by Gasteiger charge is 2.25. The molecule has 0 saturated carbocycles. The summed E-state index contributed by atoms with van der Waals surface area (Å²) in [6, 6.07) is -2.99. The van der Waals surface area contributed by atoms with Gasteiger partial charge in [-0.15, -0.1) is 0 Å². The van der Waals surface area contributed by atoms with Gasteiger partial charge in [0.1, 0.15) is 18.6 Å². The lowest BCUT2D eigenvalue weighted by Crippen LogP contribution is -2.55. The zero-order valence-electron chi connectivity index (χ0n) is 15.9. The average molecular weight is 402 g/mol. The number of hydrogen-bond acceptors (Lipinski definition) is 7. The summed E-state index contributed by atoms with van der Waals surface area (Å²) in [6.07, 6.45) is 1.39. The smallest absolute Gasteiger partial charge is 0.322 e. The maximum absolute atomic E-state index is 12.3. The molecular weight excluding hydrogens is 372 g/mol. The van der Waals surface area contributed by atoms with Gasteiger partial charge in [0, 0.05) is 6.42 Å². The lowest BCUT2D eigenvalue weighted by Gasteiger charge is -2.22. The van der Waals surface area contributed by atoms with E-state index in [1.807, 2.05) is 0 Å². The summed E-state index contributed by atoms with van der Waals surface area (Å²) in [6.45, 7) is 1.23. The third-order valence-corrected chi connectivity index (χ3v) is 3.78. The Morgan fingerprint density at radius 1 is 0.964 bits per heavy atom. The van der Waals surface area contributed by atoms with Crippen LogP contribution in [0.5, 0.6) is 0 Å². The SMILES string of the molecule is CC(NC(=O)C(N)CCC(N)=O)C(=O)NC(CCCCN)C(=O)NCC(=O)O. The van der Waals surface area contributed by atoms with Gasteiger partial charge in [0.05, 0.1) is 6.04 Å². The molecule has 0 aliphatic rings. The molecule has 0 rings (SSSR count). The first kappa shape index (κ1) is 25.3. The fourth-order valence-corrected chi connectivity index (χ4v) is 2.16. The van der Waals surface area contributed by atoms with Crippen molar-refractivity contribution in [3.63, 3.8) is 0 Å². The number of carbonyl (C=O) groups is 5. The second-order valence-corrected chi connectivity index (χ2v) is 6.30. The van der Waals surface area contributed by atoms with E-state index < -0.39 is 54.3 Å². The molecule has 0 aromatic carbocycles. The molecule has 4 amide bonds. The molecule has 0 aliphatic heterocycles. The number of nitrogens with one attached hydrogen (secondary N) is 3. The second-order valence-electron chi connectivity index (χ2n) is 6.30. The second kappa shape index (κ2) is 13.4. The van der Waals surface area contributed by atoms with Gasteiger partial charge < -0.3 is 38.3 Å².